The highest BCUT2D eigenvalue weighted by Crippen LogP contribution is 2.38. The van der Waals surface area contributed by atoms with Gasteiger partial charge in [-0.05, 0) is 44.4 Å². The Kier molecular flexibility index (Phi) is 8.47. The Hall–Kier alpha value is -4.31. The number of nitrogens with one attached hydrogen (secondary N) is 3. The molecule has 0 aliphatic heterocycles. The zero-order chi connectivity index (χ0) is 25.4. The first-order valence-corrected chi connectivity index (χ1v) is 11.0. The van der Waals surface area contributed by atoms with Crippen molar-refractivity contribution in [3.05, 3.63) is 61.3 Å². The number of amides is 1. The highest BCUT2D eigenvalue weighted by molar-refractivity contribution is 6.02. The summed E-state index contributed by atoms with van der Waals surface area (Å²) in [5, 5.41) is 18.9. The summed E-state index contributed by atoms with van der Waals surface area (Å²) in [5.41, 5.74) is 2.65. The molecule has 0 fully saturated rings. The highest BCUT2D eigenvalue weighted by atomic mass is 16.5. The molecule has 0 bridgehead atoms. The number of benzene rings is 2. The molecule has 0 aliphatic rings. The molecule has 3 aromatic rings. The second-order valence-electron chi connectivity index (χ2n) is 8.05. The SMILES string of the molecule is C=CC(=O)Nc1cc(Nc2nccc(Nc3cccc(O)c3)n2)c(OC)cc1N(C)CCN(C)C. The maximum Gasteiger partial charge on any atom is 0.247 e. The van der Waals surface area contributed by atoms with Crippen LogP contribution in [0.1, 0.15) is 0 Å². The van der Waals surface area contributed by atoms with Gasteiger partial charge in [-0.25, -0.2) is 4.98 Å². The van der Waals surface area contributed by atoms with Crippen LogP contribution in [0.5, 0.6) is 11.5 Å². The summed E-state index contributed by atoms with van der Waals surface area (Å²) >= 11 is 0. The Morgan fingerprint density at radius 3 is 2.60 bits per heavy atom. The third kappa shape index (κ3) is 7.08. The number of methoxy groups -OCH3 is 1. The van der Waals surface area contributed by atoms with E-state index >= 15 is 0 Å². The maximum absolute atomic E-state index is 12.1. The molecule has 184 valence electrons. The fraction of sp³-hybridized carbons (Fsp3) is 0.240. The Morgan fingerprint density at radius 1 is 1.11 bits per heavy atom. The molecule has 1 heterocycles. The number of rotatable bonds is 11. The van der Waals surface area contributed by atoms with Crippen LogP contribution < -0.4 is 25.6 Å². The van der Waals surface area contributed by atoms with Crippen molar-refractivity contribution in [1.82, 2.24) is 14.9 Å². The molecule has 3 rings (SSSR count). The first-order valence-electron chi connectivity index (χ1n) is 11.0. The molecule has 2 aromatic carbocycles. The Bertz CT molecular complexity index is 1180. The van der Waals surface area contributed by atoms with Gasteiger partial charge in [-0.1, -0.05) is 12.6 Å². The molecular formula is C25H31N7O3. The number of phenolic OH excluding ortho intramolecular Hbond substituents is 1. The summed E-state index contributed by atoms with van der Waals surface area (Å²) in [6.45, 7) is 5.12. The number of anilines is 6. The van der Waals surface area contributed by atoms with E-state index in [9.17, 15) is 9.90 Å². The van der Waals surface area contributed by atoms with Gasteiger partial charge in [0.2, 0.25) is 11.9 Å². The van der Waals surface area contributed by atoms with Crippen LogP contribution in [0.2, 0.25) is 0 Å². The van der Waals surface area contributed by atoms with Crippen molar-refractivity contribution < 1.29 is 14.6 Å². The predicted octanol–water partition coefficient (Wildman–Crippen LogP) is 3.80. The number of hydrogen-bond acceptors (Lipinski definition) is 9. The molecule has 0 spiro atoms. The van der Waals surface area contributed by atoms with Crippen molar-refractivity contribution in [3.63, 3.8) is 0 Å². The fourth-order valence-electron chi connectivity index (χ4n) is 3.25. The number of carbonyl (C=O) groups excluding carboxylic acids is 1. The van der Waals surface area contributed by atoms with Crippen molar-refractivity contribution in [2.24, 2.45) is 0 Å². The van der Waals surface area contributed by atoms with E-state index in [0.717, 1.165) is 18.8 Å². The lowest BCUT2D eigenvalue weighted by Crippen LogP contribution is -2.29. The van der Waals surface area contributed by atoms with Crippen LogP contribution in [0, 0.1) is 0 Å². The summed E-state index contributed by atoms with van der Waals surface area (Å²) in [6.07, 6.45) is 2.83. The van der Waals surface area contributed by atoms with Gasteiger partial charge >= 0.3 is 0 Å². The van der Waals surface area contributed by atoms with Crippen LogP contribution in [0.4, 0.5) is 34.5 Å². The first-order chi connectivity index (χ1) is 16.8. The maximum atomic E-state index is 12.1. The Balaban J connectivity index is 1.91. The van der Waals surface area contributed by atoms with Gasteiger partial charge in [-0.3, -0.25) is 4.79 Å². The fourth-order valence-corrected chi connectivity index (χ4v) is 3.25. The lowest BCUT2D eigenvalue weighted by molar-refractivity contribution is -0.111. The minimum Gasteiger partial charge on any atom is -0.508 e. The van der Waals surface area contributed by atoms with Crippen LogP contribution in [0.15, 0.2) is 61.3 Å². The van der Waals surface area contributed by atoms with Crippen LogP contribution in [-0.2, 0) is 4.79 Å². The number of phenols is 1. The van der Waals surface area contributed by atoms with Gasteiger partial charge in [0.15, 0.2) is 0 Å². The third-order valence-electron chi connectivity index (χ3n) is 5.08. The average molecular weight is 478 g/mol. The van der Waals surface area contributed by atoms with E-state index in [2.05, 4.69) is 37.4 Å². The standard InChI is InChI=1S/C25H31N7O3/c1-6-24(34)28-19-15-20(22(35-5)16-21(19)32(4)13-12-31(2)3)29-25-26-11-10-23(30-25)27-17-8-7-9-18(33)14-17/h6-11,14-16,33H,1,12-13H2,2-5H3,(H,28,34)(H2,26,27,29,30). The van der Waals surface area contributed by atoms with Crippen molar-refractivity contribution in [3.8, 4) is 11.5 Å². The number of aromatic nitrogens is 2. The second kappa shape index (κ2) is 11.7. The van der Waals surface area contributed by atoms with Crippen LogP contribution >= 0.6 is 0 Å². The summed E-state index contributed by atoms with van der Waals surface area (Å²) in [7, 11) is 7.54. The molecule has 0 radical (unpaired) electrons. The number of aromatic hydroxyl groups is 1. The van der Waals surface area contributed by atoms with Crippen molar-refractivity contribution in [1.29, 1.82) is 0 Å². The van der Waals surface area contributed by atoms with Gasteiger partial charge in [0.25, 0.3) is 0 Å². The van der Waals surface area contributed by atoms with Gasteiger partial charge in [0, 0.05) is 44.2 Å². The molecule has 0 saturated carbocycles. The lowest BCUT2D eigenvalue weighted by atomic mass is 10.2. The zero-order valence-corrected chi connectivity index (χ0v) is 20.4. The van der Waals surface area contributed by atoms with Gasteiger partial charge in [-0.15, -0.1) is 0 Å². The minimum atomic E-state index is -0.322. The molecule has 35 heavy (non-hydrogen) atoms. The number of likely N-dealkylation sites (N-methyl/N-ethyl adjacent to an activating group) is 2. The molecule has 4 N–H and O–H groups in total. The molecule has 0 unspecified atom stereocenters. The van der Waals surface area contributed by atoms with E-state index in [-0.39, 0.29) is 11.7 Å². The summed E-state index contributed by atoms with van der Waals surface area (Å²) in [6, 6.07) is 12.1. The van der Waals surface area contributed by atoms with E-state index < -0.39 is 0 Å². The van der Waals surface area contributed by atoms with Crippen LogP contribution in [0.3, 0.4) is 0 Å². The van der Waals surface area contributed by atoms with Crippen LogP contribution in [-0.4, -0.2) is 67.2 Å². The molecule has 10 heteroatoms. The van der Waals surface area contributed by atoms with Crippen molar-refractivity contribution in [2.45, 2.75) is 0 Å². The zero-order valence-electron chi connectivity index (χ0n) is 20.4. The second-order valence-corrected chi connectivity index (χ2v) is 8.05. The average Bonchev–Trinajstić information content (AvgIpc) is 2.83. The quantitative estimate of drug-likeness (QED) is 0.306. The molecule has 10 nitrogen and oxygen atoms in total. The van der Waals surface area contributed by atoms with E-state index in [4.69, 9.17) is 4.74 Å². The summed E-state index contributed by atoms with van der Waals surface area (Å²) in [5.74, 6) is 1.24. The normalized spacial score (nSPS) is 10.5. The van der Waals surface area contributed by atoms with Gasteiger partial charge < -0.3 is 35.6 Å². The van der Waals surface area contributed by atoms with Crippen molar-refractivity contribution >= 4 is 40.4 Å². The molecule has 0 atom stereocenters. The lowest BCUT2D eigenvalue weighted by Gasteiger charge is -2.26. The largest absolute Gasteiger partial charge is 0.508 e. The topological polar surface area (TPSA) is 115 Å². The first kappa shape index (κ1) is 25.3. The third-order valence-corrected chi connectivity index (χ3v) is 5.08. The van der Waals surface area contributed by atoms with Crippen LogP contribution in [0.25, 0.3) is 0 Å². The number of carbonyl (C=O) groups is 1. The van der Waals surface area contributed by atoms with Crippen molar-refractivity contribution in [2.75, 3.05) is 62.2 Å². The van der Waals surface area contributed by atoms with Gasteiger partial charge in [-0.2, -0.15) is 4.98 Å². The molecular weight excluding hydrogens is 446 g/mol. The number of ether oxygens (including phenoxy) is 1. The highest BCUT2D eigenvalue weighted by Gasteiger charge is 2.16. The summed E-state index contributed by atoms with van der Waals surface area (Å²) < 4.78 is 5.63. The number of hydrogen-bond donors (Lipinski definition) is 4. The monoisotopic (exact) mass is 477 g/mol. The van der Waals surface area contributed by atoms with E-state index in [1.165, 1.54) is 6.08 Å². The molecule has 1 aromatic heterocycles. The van der Waals surface area contributed by atoms with E-state index in [1.54, 1.807) is 43.6 Å². The van der Waals surface area contributed by atoms with E-state index in [1.807, 2.05) is 38.2 Å². The molecule has 0 saturated heterocycles. The molecule has 0 aliphatic carbocycles. The van der Waals surface area contributed by atoms with Gasteiger partial charge in [0.1, 0.15) is 17.3 Å². The smallest absolute Gasteiger partial charge is 0.247 e. The minimum absolute atomic E-state index is 0.150. The Labute approximate surface area is 205 Å². The number of nitrogens with zero attached hydrogens (tertiary/aromatic N) is 4. The summed E-state index contributed by atoms with van der Waals surface area (Å²) in [4.78, 5) is 25.0. The van der Waals surface area contributed by atoms with Gasteiger partial charge in [0.05, 0.1) is 24.2 Å². The predicted molar refractivity (Wildman–Crippen MR) is 140 cm³/mol. The Morgan fingerprint density at radius 2 is 1.91 bits per heavy atom. The van der Waals surface area contributed by atoms with E-state index in [0.29, 0.717) is 34.6 Å². The molecule has 1 amide bonds.